The second-order valence-electron chi connectivity index (χ2n) is 7.16. The Morgan fingerprint density at radius 1 is 1.37 bits per heavy atom. The summed E-state index contributed by atoms with van der Waals surface area (Å²) in [7, 11) is 1.38. The van der Waals surface area contributed by atoms with Crippen molar-refractivity contribution in [3.05, 3.63) is 36.3 Å². The van der Waals surface area contributed by atoms with Gasteiger partial charge in [-0.3, -0.25) is 4.79 Å². The summed E-state index contributed by atoms with van der Waals surface area (Å²) >= 11 is 0. The molecule has 4 rings (SSSR count). The van der Waals surface area contributed by atoms with Crippen LogP contribution in [0.2, 0.25) is 0 Å². The third-order valence-corrected chi connectivity index (χ3v) is 5.22. The minimum Gasteiger partial charge on any atom is -0.490 e. The van der Waals surface area contributed by atoms with Gasteiger partial charge < -0.3 is 29.1 Å². The van der Waals surface area contributed by atoms with Gasteiger partial charge in [-0.15, -0.1) is 0 Å². The van der Waals surface area contributed by atoms with Gasteiger partial charge in [-0.05, 0) is 12.1 Å². The summed E-state index contributed by atoms with van der Waals surface area (Å²) in [6.07, 6.45) is 2.29. The normalized spacial score (nSPS) is 18.0. The van der Waals surface area contributed by atoms with Gasteiger partial charge >= 0.3 is 0 Å². The molecule has 0 radical (unpaired) electrons. The van der Waals surface area contributed by atoms with Gasteiger partial charge in [0.25, 0.3) is 0 Å². The van der Waals surface area contributed by atoms with Gasteiger partial charge in [-0.25, -0.2) is 9.37 Å². The van der Waals surface area contributed by atoms with Crippen molar-refractivity contribution in [1.82, 2.24) is 9.88 Å². The molecule has 1 aromatic heterocycles. The van der Waals surface area contributed by atoms with E-state index in [1.807, 2.05) is 23.1 Å². The highest BCUT2D eigenvalue weighted by atomic mass is 19.1. The van der Waals surface area contributed by atoms with Crippen molar-refractivity contribution in [1.29, 1.82) is 0 Å². The number of aliphatic hydroxyl groups is 1. The number of carbonyl (C=O) groups is 1. The van der Waals surface area contributed by atoms with Gasteiger partial charge in [0.15, 0.2) is 5.82 Å². The van der Waals surface area contributed by atoms with Crippen molar-refractivity contribution in [3.63, 3.8) is 0 Å². The van der Waals surface area contributed by atoms with Crippen LogP contribution in [-0.2, 0) is 4.79 Å². The molecule has 2 aliphatic heterocycles. The molecule has 1 saturated heterocycles. The average molecular weight is 417 g/mol. The first kappa shape index (κ1) is 20.2. The Balaban J connectivity index is 1.51. The van der Waals surface area contributed by atoms with E-state index in [-0.39, 0.29) is 30.9 Å². The van der Waals surface area contributed by atoms with Crippen LogP contribution in [0.1, 0.15) is 12.8 Å². The Bertz CT molecular complexity index is 926. The van der Waals surface area contributed by atoms with E-state index >= 15 is 0 Å². The summed E-state index contributed by atoms with van der Waals surface area (Å²) in [6.45, 7) is 1.95. The molecule has 1 N–H and O–H groups in total. The number of amides is 1. The largest absolute Gasteiger partial charge is 0.490 e. The number of likely N-dealkylation sites (tertiary alicyclic amines) is 1. The van der Waals surface area contributed by atoms with Gasteiger partial charge in [0, 0.05) is 31.5 Å². The molecule has 2 aliphatic rings. The van der Waals surface area contributed by atoms with Crippen molar-refractivity contribution in [2.45, 2.75) is 18.9 Å². The lowest BCUT2D eigenvalue weighted by Gasteiger charge is -2.31. The monoisotopic (exact) mass is 417 g/mol. The van der Waals surface area contributed by atoms with E-state index < -0.39 is 5.82 Å². The Morgan fingerprint density at radius 3 is 3.00 bits per heavy atom. The topological polar surface area (TPSA) is 84.4 Å². The Kier molecular flexibility index (Phi) is 5.89. The molecule has 1 atom stereocenters. The fraction of sp³-hybridized carbons (Fsp3) is 0.429. The van der Waals surface area contributed by atoms with E-state index in [1.165, 1.54) is 13.2 Å². The van der Waals surface area contributed by atoms with Crippen LogP contribution in [0.4, 0.5) is 15.8 Å². The summed E-state index contributed by atoms with van der Waals surface area (Å²) in [5, 5.41) is 8.95. The third kappa shape index (κ3) is 4.11. The number of benzene rings is 1. The molecule has 1 amide bonds. The molecular formula is C21H24FN3O5. The van der Waals surface area contributed by atoms with E-state index in [1.54, 1.807) is 11.1 Å². The van der Waals surface area contributed by atoms with E-state index in [9.17, 15) is 9.18 Å². The molecule has 1 unspecified atom stereocenters. The highest BCUT2D eigenvalue weighted by molar-refractivity contribution is 5.76. The zero-order chi connectivity index (χ0) is 21.1. The number of aliphatic hydroxyl groups excluding tert-OH is 1. The number of halogens is 1. The molecule has 1 aromatic carbocycles. The van der Waals surface area contributed by atoms with E-state index in [2.05, 4.69) is 4.98 Å². The first-order chi connectivity index (χ1) is 14.6. The number of ether oxygens (including phenoxy) is 3. The molecule has 160 valence electrons. The van der Waals surface area contributed by atoms with Crippen molar-refractivity contribution in [2.24, 2.45) is 0 Å². The fourth-order valence-electron chi connectivity index (χ4n) is 3.75. The molecule has 8 nitrogen and oxygen atoms in total. The molecule has 9 heteroatoms. The van der Waals surface area contributed by atoms with Crippen LogP contribution >= 0.6 is 0 Å². The summed E-state index contributed by atoms with van der Waals surface area (Å²) in [5.41, 5.74) is 1.35. The predicted molar refractivity (Wildman–Crippen MR) is 107 cm³/mol. The zero-order valence-electron chi connectivity index (χ0n) is 16.7. The number of rotatable bonds is 6. The first-order valence-electron chi connectivity index (χ1n) is 9.88. The molecule has 0 aliphatic carbocycles. The molecule has 0 spiro atoms. The maximum Gasteiger partial charge on any atom is 0.250 e. The van der Waals surface area contributed by atoms with Crippen LogP contribution in [0.15, 0.2) is 30.5 Å². The SMILES string of the molecule is COc1ncc(N2CCOc3ccc(OC4CCN(C(=O)CCO)C4)cc32)cc1F. The van der Waals surface area contributed by atoms with Gasteiger partial charge in [0.1, 0.15) is 24.2 Å². The second-order valence-corrected chi connectivity index (χ2v) is 7.16. The van der Waals surface area contributed by atoms with Gasteiger partial charge in [0.2, 0.25) is 11.8 Å². The van der Waals surface area contributed by atoms with E-state index in [0.717, 1.165) is 12.1 Å². The van der Waals surface area contributed by atoms with Gasteiger partial charge in [0.05, 0.1) is 44.4 Å². The minimum atomic E-state index is -0.533. The van der Waals surface area contributed by atoms with Crippen LogP contribution in [-0.4, -0.2) is 67.0 Å². The maximum absolute atomic E-state index is 14.2. The zero-order valence-corrected chi connectivity index (χ0v) is 16.7. The third-order valence-electron chi connectivity index (χ3n) is 5.22. The summed E-state index contributed by atoms with van der Waals surface area (Å²) in [4.78, 5) is 19.6. The number of pyridine rings is 1. The average Bonchev–Trinajstić information content (AvgIpc) is 3.22. The van der Waals surface area contributed by atoms with Crippen molar-refractivity contribution in [2.75, 3.05) is 44.9 Å². The molecule has 0 bridgehead atoms. The lowest BCUT2D eigenvalue weighted by Crippen LogP contribution is -2.31. The first-order valence-corrected chi connectivity index (χ1v) is 9.88. The van der Waals surface area contributed by atoms with Gasteiger partial charge in [-0.2, -0.15) is 0 Å². The van der Waals surface area contributed by atoms with Crippen LogP contribution in [0, 0.1) is 5.82 Å². The van der Waals surface area contributed by atoms with Crippen LogP contribution < -0.4 is 19.1 Å². The van der Waals surface area contributed by atoms with E-state index in [4.69, 9.17) is 19.3 Å². The lowest BCUT2D eigenvalue weighted by atomic mass is 10.2. The minimum absolute atomic E-state index is 0.0501. The fourth-order valence-corrected chi connectivity index (χ4v) is 3.75. The molecule has 3 heterocycles. The molecular weight excluding hydrogens is 393 g/mol. The maximum atomic E-state index is 14.2. The Labute approximate surface area is 173 Å². The number of methoxy groups -OCH3 is 1. The number of hydrogen-bond donors (Lipinski definition) is 1. The highest BCUT2D eigenvalue weighted by Crippen LogP contribution is 2.40. The number of aromatic nitrogens is 1. The lowest BCUT2D eigenvalue weighted by molar-refractivity contribution is -0.131. The van der Waals surface area contributed by atoms with E-state index in [0.29, 0.717) is 43.4 Å². The Morgan fingerprint density at radius 2 is 2.23 bits per heavy atom. The van der Waals surface area contributed by atoms with Crippen LogP contribution in [0.3, 0.4) is 0 Å². The quantitative estimate of drug-likeness (QED) is 0.771. The smallest absolute Gasteiger partial charge is 0.250 e. The number of anilines is 2. The van der Waals surface area contributed by atoms with Crippen molar-refractivity contribution < 1.29 is 28.5 Å². The predicted octanol–water partition coefficient (Wildman–Crippen LogP) is 2.12. The summed E-state index contributed by atoms with van der Waals surface area (Å²) in [5.74, 6) is 0.672. The highest BCUT2D eigenvalue weighted by Gasteiger charge is 2.28. The van der Waals surface area contributed by atoms with Crippen molar-refractivity contribution >= 4 is 17.3 Å². The molecule has 2 aromatic rings. The van der Waals surface area contributed by atoms with Crippen LogP contribution in [0.5, 0.6) is 17.4 Å². The summed E-state index contributed by atoms with van der Waals surface area (Å²) < 4.78 is 30.9. The van der Waals surface area contributed by atoms with Crippen LogP contribution in [0.25, 0.3) is 0 Å². The number of carbonyl (C=O) groups excluding carboxylic acids is 1. The second kappa shape index (κ2) is 8.74. The molecule has 30 heavy (non-hydrogen) atoms. The molecule has 0 saturated carbocycles. The van der Waals surface area contributed by atoms with Crippen molar-refractivity contribution in [3.8, 4) is 17.4 Å². The summed E-state index contributed by atoms with van der Waals surface area (Å²) in [6, 6.07) is 6.89. The van der Waals surface area contributed by atoms with Gasteiger partial charge in [-0.1, -0.05) is 0 Å². The molecule has 1 fully saturated rings. The Hall–Kier alpha value is -3.07. The number of nitrogens with zero attached hydrogens (tertiary/aromatic N) is 3. The number of fused-ring (bicyclic) bond motifs is 1. The standard InChI is InChI=1S/C21H24FN3O5/c1-28-21-17(22)10-14(12-23-21)25-7-9-29-19-3-2-15(11-18(19)25)30-16-4-6-24(13-16)20(27)5-8-26/h2-3,10-12,16,26H,4-9,13H2,1H3. The number of hydrogen-bond acceptors (Lipinski definition) is 7.